The van der Waals surface area contributed by atoms with Crippen LogP contribution >= 0.6 is 12.6 Å². The fourth-order valence-corrected chi connectivity index (χ4v) is 2.99. The molecule has 9 nitrogen and oxygen atoms in total. The molecule has 2 amide bonds. The van der Waals surface area contributed by atoms with E-state index in [9.17, 15) is 19.5 Å². The minimum atomic E-state index is -1.34. The van der Waals surface area contributed by atoms with Gasteiger partial charge in [-0.1, -0.05) is 18.2 Å². The highest BCUT2D eigenvalue weighted by Crippen LogP contribution is 2.18. The highest BCUT2D eigenvalue weighted by molar-refractivity contribution is 7.80. The van der Waals surface area contributed by atoms with E-state index in [1.54, 1.807) is 6.20 Å². The largest absolute Gasteiger partial charge is 0.480 e. The molecule has 4 atom stereocenters. The number of nitrogens with one attached hydrogen (secondary N) is 3. The third-order valence-corrected chi connectivity index (χ3v) is 4.68. The Balaban J connectivity index is 2.04. The van der Waals surface area contributed by atoms with Gasteiger partial charge in [-0.25, -0.2) is 4.79 Å². The molecule has 7 N–H and O–H groups in total. The molecule has 4 unspecified atom stereocenters. The van der Waals surface area contributed by atoms with Crippen LogP contribution in [0, 0.1) is 0 Å². The minimum absolute atomic E-state index is 0.137. The Morgan fingerprint density at radius 3 is 2.50 bits per heavy atom. The number of aliphatic hydroxyl groups is 1. The van der Waals surface area contributed by atoms with E-state index in [2.05, 4.69) is 28.2 Å². The lowest BCUT2D eigenvalue weighted by Gasteiger charge is -2.24. The lowest BCUT2D eigenvalue weighted by Crippen LogP contribution is -2.58. The van der Waals surface area contributed by atoms with Crippen molar-refractivity contribution in [2.45, 2.75) is 37.6 Å². The van der Waals surface area contributed by atoms with Crippen LogP contribution in [-0.4, -0.2) is 63.0 Å². The van der Waals surface area contributed by atoms with Crippen LogP contribution in [0.1, 0.15) is 12.5 Å². The number of rotatable bonds is 9. The molecule has 0 aliphatic carbocycles. The van der Waals surface area contributed by atoms with Crippen molar-refractivity contribution in [1.82, 2.24) is 15.6 Å². The standard InChI is InChI=1S/C18H24N4O5S/c1-9(23)15(17(25)21-14(8-28)18(26)27)22-16(24)12(19)6-10-7-20-13-5-3-2-4-11(10)13/h2-5,7,9,12,14-15,20,23,28H,6,8,19H2,1H3,(H,21,25)(H,22,24)(H,26,27). The van der Waals surface area contributed by atoms with Crippen molar-refractivity contribution in [3.05, 3.63) is 36.0 Å². The number of H-pyrrole nitrogens is 1. The zero-order valence-electron chi connectivity index (χ0n) is 15.3. The number of carboxylic acid groups (broad SMARTS) is 1. The summed E-state index contributed by atoms with van der Waals surface area (Å²) in [7, 11) is 0. The van der Waals surface area contributed by atoms with Crippen LogP contribution in [0.5, 0.6) is 0 Å². The van der Waals surface area contributed by atoms with E-state index in [0.29, 0.717) is 0 Å². The molecule has 0 saturated heterocycles. The van der Waals surface area contributed by atoms with Crippen LogP contribution in [-0.2, 0) is 20.8 Å². The number of amides is 2. The summed E-state index contributed by atoms with van der Waals surface area (Å²) < 4.78 is 0. The van der Waals surface area contributed by atoms with E-state index in [4.69, 9.17) is 10.8 Å². The fraction of sp³-hybridized carbons (Fsp3) is 0.389. The Kier molecular flexibility index (Phi) is 7.44. The number of hydrogen-bond acceptors (Lipinski definition) is 6. The Hall–Kier alpha value is -2.56. The van der Waals surface area contributed by atoms with Gasteiger partial charge in [-0.05, 0) is 25.0 Å². The summed E-state index contributed by atoms with van der Waals surface area (Å²) in [4.78, 5) is 38.9. The van der Waals surface area contributed by atoms with Crippen molar-refractivity contribution >= 4 is 41.3 Å². The summed E-state index contributed by atoms with van der Waals surface area (Å²) in [5.74, 6) is -2.87. The quantitative estimate of drug-likeness (QED) is 0.275. The molecular formula is C18H24N4O5S. The third-order valence-electron chi connectivity index (χ3n) is 4.31. The van der Waals surface area contributed by atoms with Gasteiger partial charge in [0, 0.05) is 22.9 Å². The number of para-hydroxylation sites is 1. The number of carboxylic acids is 1. The van der Waals surface area contributed by atoms with Gasteiger partial charge in [0.2, 0.25) is 11.8 Å². The molecule has 1 aromatic carbocycles. The molecule has 152 valence electrons. The number of fused-ring (bicyclic) bond motifs is 1. The van der Waals surface area contributed by atoms with Crippen molar-refractivity contribution in [3.8, 4) is 0 Å². The van der Waals surface area contributed by atoms with Crippen LogP contribution in [0.4, 0.5) is 0 Å². The molecule has 0 fully saturated rings. The Bertz CT molecular complexity index is 853. The van der Waals surface area contributed by atoms with Gasteiger partial charge in [0.25, 0.3) is 0 Å². The maximum atomic E-state index is 12.4. The zero-order chi connectivity index (χ0) is 20.8. The number of nitrogens with two attached hydrogens (primary N) is 1. The number of aromatic nitrogens is 1. The maximum absolute atomic E-state index is 12.4. The lowest BCUT2D eigenvalue weighted by atomic mass is 10.0. The van der Waals surface area contributed by atoms with Crippen molar-refractivity contribution < 1.29 is 24.6 Å². The van der Waals surface area contributed by atoms with Crippen LogP contribution in [0.25, 0.3) is 10.9 Å². The Labute approximate surface area is 167 Å². The predicted octanol–water partition coefficient (Wildman–Crippen LogP) is -0.597. The first-order chi connectivity index (χ1) is 13.2. The first-order valence-electron chi connectivity index (χ1n) is 8.67. The SMILES string of the molecule is CC(O)C(NC(=O)C(N)Cc1c[nH]c2ccccc12)C(=O)NC(CS)C(=O)O. The predicted molar refractivity (Wildman–Crippen MR) is 107 cm³/mol. The second-order valence-electron chi connectivity index (χ2n) is 6.48. The number of hydrogen-bond donors (Lipinski definition) is 7. The van der Waals surface area contributed by atoms with E-state index < -0.39 is 42.0 Å². The molecule has 28 heavy (non-hydrogen) atoms. The third kappa shape index (κ3) is 5.24. The van der Waals surface area contributed by atoms with Crippen molar-refractivity contribution in [1.29, 1.82) is 0 Å². The number of thiol groups is 1. The zero-order valence-corrected chi connectivity index (χ0v) is 16.1. The lowest BCUT2D eigenvalue weighted by molar-refractivity contribution is -0.142. The maximum Gasteiger partial charge on any atom is 0.327 e. The minimum Gasteiger partial charge on any atom is -0.480 e. The number of carbonyl (C=O) groups excluding carboxylic acids is 2. The molecular weight excluding hydrogens is 384 g/mol. The normalized spacial score (nSPS) is 15.4. The number of aliphatic carboxylic acids is 1. The van der Waals surface area contributed by atoms with E-state index in [-0.39, 0.29) is 12.2 Å². The van der Waals surface area contributed by atoms with Gasteiger partial charge in [0.05, 0.1) is 12.1 Å². The van der Waals surface area contributed by atoms with Crippen LogP contribution in [0.3, 0.4) is 0 Å². The molecule has 0 bridgehead atoms. The molecule has 2 rings (SSSR count). The highest BCUT2D eigenvalue weighted by Gasteiger charge is 2.30. The van der Waals surface area contributed by atoms with Crippen molar-refractivity contribution in [2.24, 2.45) is 5.73 Å². The van der Waals surface area contributed by atoms with E-state index in [1.165, 1.54) is 6.92 Å². The summed E-state index contributed by atoms with van der Waals surface area (Å²) >= 11 is 3.86. The molecule has 1 aromatic heterocycles. The number of aliphatic hydroxyl groups excluding tert-OH is 1. The van der Waals surface area contributed by atoms with E-state index >= 15 is 0 Å². The molecule has 2 aromatic rings. The molecule has 0 spiro atoms. The van der Waals surface area contributed by atoms with Crippen molar-refractivity contribution in [3.63, 3.8) is 0 Å². The molecule has 0 saturated carbocycles. The van der Waals surface area contributed by atoms with E-state index in [1.807, 2.05) is 24.3 Å². The van der Waals surface area contributed by atoms with E-state index in [0.717, 1.165) is 16.5 Å². The second kappa shape index (κ2) is 9.58. The summed E-state index contributed by atoms with van der Waals surface area (Å²) in [6.45, 7) is 1.31. The fourth-order valence-electron chi connectivity index (χ4n) is 2.74. The van der Waals surface area contributed by atoms with Gasteiger partial charge in [-0.15, -0.1) is 0 Å². The summed E-state index contributed by atoms with van der Waals surface area (Å²) in [5, 5.41) is 24.4. The summed E-state index contributed by atoms with van der Waals surface area (Å²) in [6.07, 6.45) is 0.734. The number of carbonyl (C=O) groups is 3. The van der Waals surface area contributed by atoms with Gasteiger partial charge in [0.15, 0.2) is 0 Å². The topological polar surface area (TPSA) is 158 Å². The van der Waals surface area contributed by atoms with Crippen molar-refractivity contribution in [2.75, 3.05) is 5.75 Å². The summed E-state index contributed by atoms with van der Waals surface area (Å²) in [6, 6.07) is 4.01. The number of benzene rings is 1. The summed E-state index contributed by atoms with van der Waals surface area (Å²) in [5.41, 5.74) is 7.74. The molecule has 0 radical (unpaired) electrons. The molecule has 1 heterocycles. The van der Waals surface area contributed by atoms with Gasteiger partial charge in [0.1, 0.15) is 12.1 Å². The van der Waals surface area contributed by atoms with Crippen LogP contribution in [0.15, 0.2) is 30.5 Å². The van der Waals surface area contributed by atoms with Crippen LogP contribution in [0.2, 0.25) is 0 Å². The first-order valence-corrected chi connectivity index (χ1v) is 9.31. The smallest absolute Gasteiger partial charge is 0.327 e. The molecule has 0 aliphatic heterocycles. The van der Waals surface area contributed by atoms with Gasteiger partial charge in [-0.3, -0.25) is 9.59 Å². The Morgan fingerprint density at radius 1 is 1.21 bits per heavy atom. The van der Waals surface area contributed by atoms with Gasteiger partial charge in [-0.2, -0.15) is 12.6 Å². The van der Waals surface area contributed by atoms with Gasteiger partial charge >= 0.3 is 5.97 Å². The average Bonchev–Trinajstić information content (AvgIpc) is 3.06. The first kappa shape index (κ1) is 21.7. The average molecular weight is 408 g/mol. The monoisotopic (exact) mass is 408 g/mol. The molecule has 0 aliphatic rings. The molecule has 10 heteroatoms. The number of aromatic amines is 1. The highest BCUT2D eigenvalue weighted by atomic mass is 32.1. The Morgan fingerprint density at radius 2 is 1.89 bits per heavy atom. The van der Waals surface area contributed by atoms with Crippen LogP contribution < -0.4 is 16.4 Å². The second-order valence-corrected chi connectivity index (χ2v) is 6.84. The van der Waals surface area contributed by atoms with Gasteiger partial charge < -0.3 is 31.6 Å².